The molecular formula is C7H12ClN3. The molecule has 0 saturated heterocycles. The zero-order valence-electron chi connectivity index (χ0n) is 6.08. The van der Waals surface area contributed by atoms with E-state index >= 15 is 0 Å². The summed E-state index contributed by atoms with van der Waals surface area (Å²) in [6, 6.07) is 7.66. The summed E-state index contributed by atoms with van der Waals surface area (Å²) in [4.78, 5) is 0. The smallest absolute Gasteiger partial charge is 0.0485 e. The lowest BCUT2D eigenvalue weighted by Gasteiger charge is -1.99. The molecule has 0 amide bonds. The van der Waals surface area contributed by atoms with Gasteiger partial charge in [-0.2, -0.15) is 0 Å². The molecule has 3 nitrogen and oxygen atoms in total. The van der Waals surface area contributed by atoms with E-state index in [2.05, 4.69) is 5.43 Å². The number of nitrogen functional groups attached to an aromatic ring is 1. The number of anilines is 1. The highest BCUT2D eigenvalue weighted by Gasteiger charge is 1.88. The summed E-state index contributed by atoms with van der Waals surface area (Å²) in [6.45, 7) is 0.574. The molecule has 5 N–H and O–H groups in total. The molecule has 1 aromatic carbocycles. The van der Waals surface area contributed by atoms with Gasteiger partial charge in [0.1, 0.15) is 0 Å². The summed E-state index contributed by atoms with van der Waals surface area (Å²) in [6.07, 6.45) is 0. The quantitative estimate of drug-likeness (QED) is 0.459. The lowest BCUT2D eigenvalue weighted by molar-refractivity contribution is 1.07. The second-order valence-electron chi connectivity index (χ2n) is 2.05. The molecular weight excluding hydrogens is 162 g/mol. The van der Waals surface area contributed by atoms with Crippen molar-refractivity contribution in [1.82, 2.24) is 0 Å². The third kappa shape index (κ3) is 2.76. The van der Waals surface area contributed by atoms with Crippen molar-refractivity contribution in [3.05, 3.63) is 29.8 Å². The Bertz CT molecular complexity index is 174. The van der Waals surface area contributed by atoms with Gasteiger partial charge in [0.2, 0.25) is 0 Å². The van der Waals surface area contributed by atoms with Gasteiger partial charge in [0, 0.05) is 12.2 Å². The van der Waals surface area contributed by atoms with Crippen molar-refractivity contribution in [2.75, 3.05) is 5.43 Å². The summed E-state index contributed by atoms with van der Waals surface area (Å²) in [5.74, 6) is 5.16. The third-order valence-electron chi connectivity index (χ3n) is 1.36. The minimum atomic E-state index is 0. The van der Waals surface area contributed by atoms with Gasteiger partial charge in [-0.3, -0.25) is 5.84 Å². The predicted octanol–water partition coefficient (Wildman–Crippen LogP) is 0.853. The Morgan fingerprint density at radius 2 is 1.73 bits per heavy atom. The van der Waals surface area contributed by atoms with Crippen LogP contribution in [0.2, 0.25) is 0 Å². The summed E-state index contributed by atoms with van der Waals surface area (Å²) in [5.41, 5.74) is 9.94. The number of nitrogens with one attached hydrogen (secondary N) is 1. The first kappa shape index (κ1) is 10.2. The van der Waals surface area contributed by atoms with Crippen LogP contribution in [0.4, 0.5) is 5.69 Å². The highest BCUT2D eigenvalue weighted by Crippen LogP contribution is 2.06. The van der Waals surface area contributed by atoms with Crippen LogP contribution in [0.1, 0.15) is 5.56 Å². The van der Waals surface area contributed by atoms with E-state index in [0.717, 1.165) is 11.3 Å². The molecule has 0 fully saturated rings. The maximum Gasteiger partial charge on any atom is 0.0485 e. The number of hydrogen-bond donors (Lipinski definition) is 3. The molecule has 0 aliphatic rings. The minimum absolute atomic E-state index is 0. The largest absolute Gasteiger partial charge is 0.326 e. The standard InChI is InChI=1S/C7H11N3.ClH/c8-5-6-1-3-7(10-9)4-2-6;/h1-4,10H,5,8-9H2;1H. The fourth-order valence-electron chi connectivity index (χ4n) is 0.737. The van der Waals surface area contributed by atoms with Crippen LogP contribution in [-0.2, 0) is 6.54 Å². The van der Waals surface area contributed by atoms with Gasteiger partial charge < -0.3 is 11.2 Å². The Balaban J connectivity index is 0.000001000. The second-order valence-corrected chi connectivity index (χ2v) is 2.05. The maximum atomic E-state index is 5.39. The number of rotatable bonds is 2. The van der Waals surface area contributed by atoms with Crippen molar-refractivity contribution in [1.29, 1.82) is 0 Å². The van der Waals surface area contributed by atoms with Gasteiger partial charge in [0.15, 0.2) is 0 Å². The van der Waals surface area contributed by atoms with E-state index in [0.29, 0.717) is 6.54 Å². The molecule has 0 saturated carbocycles. The molecule has 0 bridgehead atoms. The SMILES string of the molecule is Cl.NCc1ccc(NN)cc1. The number of hydrogen-bond acceptors (Lipinski definition) is 3. The fraction of sp³-hybridized carbons (Fsp3) is 0.143. The van der Waals surface area contributed by atoms with E-state index < -0.39 is 0 Å². The molecule has 0 aromatic heterocycles. The van der Waals surface area contributed by atoms with E-state index in [1.54, 1.807) is 0 Å². The Hall–Kier alpha value is -0.770. The van der Waals surface area contributed by atoms with E-state index in [1.807, 2.05) is 24.3 Å². The monoisotopic (exact) mass is 173 g/mol. The van der Waals surface area contributed by atoms with E-state index in [1.165, 1.54) is 0 Å². The molecule has 0 aliphatic heterocycles. The van der Waals surface area contributed by atoms with Crippen molar-refractivity contribution in [3.63, 3.8) is 0 Å². The van der Waals surface area contributed by atoms with Crippen molar-refractivity contribution in [2.24, 2.45) is 11.6 Å². The van der Waals surface area contributed by atoms with Crippen LogP contribution in [0.5, 0.6) is 0 Å². The minimum Gasteiger partial charge on any atom is -0.326 e. The summed E-state index contributed by atoms with van der Waals surface area (Å²) in [5, 5.41) is 0. The van der Waals surface area contributed by atoms with Crippen molar-refractivity contribution in [2.45, 2.75) is 6.54 Å². The normalized spacial score (nSPS) is 8.55. The highest BCUT2D eigenvalue weighted by molar-refractivity contribution is 5.85. The Morgan fingerprint density at radius 1 is 1.18 bits per heavy atom. The van der Waals surface area contributed by atoms with Gasteiger partial charge in [-0.1, -0.05) is 12.1 Å². The molecule has 1 aromatic rings. The molecule has 4 heteroatoms. The van der Waals surface area contributed by atoms with Crippen LogP contribution in [0.15, 0.2) is 24.3 Å². The van der Waals surface area contributed by atoms with Crippen molar-refractivity contribution in [3.8, 4) is 0 Å². The van der Waals surface area contributed by atoms with Gasteiger partial charge in [-0.25, -0.2) is 0 Å². The predicted molar refractivity (Wildman–Crippen MR) is 49.4 cm³/mol. The van der Waals surface area contributed by atoms with Crippen molar-refractivity contribution < 1.29 is 0 Å². The van der Waals surface area contributed by atoms with Crippen LogP contribution in [0, 0.1) is 0 Å². The van der Waals surface area contributed by atoms with E-state index in [9.17, 15) is 0 Å². The van der Waals surface area contributed by atoms with Crippen molar-refractivity contribution >= 4 is 18.1 Å². The van der Waals surface area contributed by atoms with Crippen LogP contribution in [0.25, 0.3) is 0 Å². The number of benzene rings is 1. The molecule has 0 unspecified atom stereocenters. The third-order valence-corrected chi connectivity index (χ3v) is 1.36. The van der Waals surface area contributed by atoms with Crippen LogP contribution in [-0.4, -0.2) is 0 Å². The number of halogens is 1. The van der Waals surface area contributed by atoms with Gasteiger partial charge in [-0.05, 0) is 17.7 Å². The first-order valence-electron chi connectivity index (χ1n) is 3.12. The van der Waals surface area contributed by atoms with E-state index in [-0.39, 0.29) is 12.4 Å². The second kappa shape index (κ2) is 4.96. The van der Waals surface area contributed by atoms with E-state index in [4.69, 9.17) is 11.6 Å². The van der Waals surface area contributed by atoms with Crippen LogP contribution < -0.4 is 17.0 Å². The first-order valence-corrected chi connectivity index (χ1v) is 3.12. The molecule has 1 rings (SSSR count). The number of hydrazine groups is 1. The van der Waals surface area contributed by atoms with Gasteiger partial charge >= 0.3 is 0 Å². The summed E-state index contributed by atoms with van der Waals surface area (Å²) >= 11 is 0. The lowest BCUT2D eigenvalue weighted by atomic mass is 10.2. The van der Waals surface area contributed by atoms with Gasteiger partial charge in [-0.15, -0.1) is 12.4 Å². The highest BCUT2D eigenvalue weighted by atomic mass is 35.5. The zero-order chi connectivity index (χ0) is 7.40. The lowest BCUT2D eigenvalue weighted by Crippen LogP contribution is -2.06. The molecule has 0 heterocycles. The summed E-state index contributed by atoms with van der Waals surface area (Å²) < 4.78 is 0. The topological polar surface area (TPSA) is 64.1 Å². The molecule has 62 valence electrons. The maximum absolute atomic E-state index is 5.39. The molecule has 0 atom stereocenters. The van der Waals surface area contributed by atoms with Crippen LogP contribution in [0.3, 0.4) is 0 Å². The molecule has 0 aliphatic carbocycles. The summed E-state index contributed by atoms with van der Waals surface area (Å²) in [7, 11) is 0. The first-order chi connectivity index (χ1) is 4.86. The average molecular weight is 174 g/mol. The average Bonchev–Trinajstić information content (AvgIpc) is 2.05. The molecule has 0 spiro atoms. The molecule has 11 heavy (non-hydrogen) atoms. The molecule has 0 radical (unpaired) electrons. The number of nitrogens with two attached hydrogens (primary N) is 2. The zero-order valence-corrected chi connectivity index (χ0v) is 6.90. The van der Waals surface area contributed by atoms with Gasteiger partial charge in [0.05, 0.1) is 0 Å². The Labute approximate surface area is 72.1 Å². The Morgan fingerprint density at radius 3 is 2.09 bits per heavy atom. The fourth-order valence-corrected chi connectivity index (χ4v) is 0.737. The van der Waals surface area contributed by atoms with Crippen LogP contribution >= 0.6 is 12.4 Å². The Kier molecular flexibility index (Phi) is 4.61. The van der Waals surface area contributed by atoms with Gasteiger partial charge in [0.25, 0.3) is 0 Å².